The lowest BCUT2D eigenvalue weighted by molar-refractivity contribution is -0.133. The number of amides is 4. The van der Waals surface area contributed by atoms with Crippen LogP contribution in [0.3, 0.4) is 0 Å². The number of thiazole rings is 1. The summed E-state index contributed by atoms with van der Waals surface area (Å²) in [6.45, 7) is 1.64. The summed E-state index contributed by atoms with van der Waals surface area (Å²) in [5, 5.41) is 6.61. The molecular weight excluding hydrogens is 412 g/mol. The molecule has 0 atom stereocenters. The molecule has 1 saturated heterocycles. The minimum atomic E-state index is -0.807. The van der Waals surface area contributed by atoms with Gasteiger partial charge in [0, 0.05) is 22.5 Å². The molecule has 0 radical (unpaired) electrons. The number of anilines is 1. The Morgan fingerprint density at radius 2 is 2.10 bits per heavy atom. The normalized spacial score (nSPS) is 17.8. The summed E-state index contributed by atoms with van der Waals surface area (Å²) < 4.78 is 0. The molecule has 1 aromatic carbocycles. The van der Waals surface area contributed by atoms with Crippen molar-refractivity contribution in [3.05, 3.63) is 45.4 Å². The molecule has 4 rings (SSSR count). The van der Waals surface area contributed by atoms with Crippen LogP contribution in [0.1, 0.15) is 41.7 Å². The molecule has 9 heteroatoms. The molecule has 7 nitrogen and oxygen atoms in total. The molecule has 152 valence electrons. The van der Waals surface area contributed by atoms with E-state index in [9.17, 15) is 14.4 Å². The van der Waals surface area contributed by atoms with Crippen molar-refractivity contribution in [2.75, 3.05) is 11.9 Å². The van der Waals surface area contributed by atoms with E-state index in [4.69, 9.17) is 11.6 Å². The van der Waals surface area contributed by atoms with Crippen molar-refractivity contribution in [3.63, 3.8) is 0 Å². The van der Waals surface area contributed by atoms with Gasteiger partial charge in [0.15, 0.2) is 5.13 Å². The average Bonchev–Trinajstić information content (AvgIpc) is 3.37. The first-order chi connectivity index (χ1) is 13.9. The third-order valence-electron chi connectivity index (χ3n) is 5.44. The number of hydrogen-bond acceptors (Lipinski definition) is 5. The summed E-state index contributed by atoms with van der Waals surface area (Å²) in [5.41, 5.74) is 1.20. The molecule has 2 aromatic rings. The molecule has 2 aliphatic rings. The monoisotopic (exact) mass is 432 g/mol. The van der Waals surface area contributed by atoms with Crippen LogP contribution in [0.4, 0.5) is 9.93 Å². The maximum absolute atomic E-state index is 12.6. The van der Waals surface area contributed by atoms with Crippen LogP contribution in [0.25, 0.3) is 0 Å². The zero-order valence-electron chi connectivity index (χ0n) is 16.0. The van der Waals surface area contributed by atoms with Crippen LogP contribution in [0.5, 0.6) is 0 Å². The van der Waals surface area contributed by atoms with E-state index < -0.39 is 17.5 Å². The van der Waals surface area contributed by atoms with E-state index in [1.54, 1.807) is 6.20 Å². The van der Waals surface area contributed by atoms with Gasteiger partial charge in [0.05, 0.1) is 0 Å². The van der Waals surface area contributed by atoms with Crippen molar-refractivity contribution in [3.8, 4) is 0 Å². The van der Waals surface area contributed by atoms with Crippen LogP contribution in [-0.2, 0) is 16.0 Å². The topological polar surface area (TPSA) is 91.4 Å². The molecule has 1 aliphatic heterocycles. The number of carbonyl (C=O) groups is 3. The first-order valence-electron chi connectivity index (χ1n) is 9.51. The lowest BCUT2D eigenvalue weighted by atomic mass is 9.98. The molecule has 0 bridgehead atoms. The van der Waals surface area contributed by atoms with E-state index in [-0.39, 0.29) is 12.5 Å². The number of aromatic nitrogens is 1. The van der Waals surface area contributed by atoms with Crippen LogP contribution >= 0.6 is 22.9 Å². The molecular formula is C20H21ClN4O3S. The number of imide groups is 1. The highest BCUT2D eigenvalue weighted by Crippen LogP contribution is 2.35. The zero-order chi connectivity index (χ0) is 20.6. The van der Waals surface area contributed by atoms with Gasteiger partial charge in [-0.25, -0.2) is 9.78 Å². The highest BCUT2D eigenvalue weighted by molar-refractivity contribution is 7.15. The zero-order valence-corrected chi connectivity index (χ0v) is 17.5. The van der Waals surface area contributed by atoms with E-state index in [0.29, 0.717) is 24.4 Å². The highest BCUT2D eigenvalue weighted by atomic mass is 35.5. The molecule has 2 N–H and O–H groups in total. The van der Waals surface area contributed by atoms with Crippen molar-refractivity contribution < 1.29 is 14.4 Å². The Morgan fingerprint density at radius 1 is 1.34 bits per heavy atom. The van der Waals surface area contributed by atoms with Gasteiger partial charge < -0.3 is 10.6 Å². The van der Waals surface area contributed by atoms with Crippen LogP contribution in [0.15, 0.2) is 24.4 Å². The quantitative estimate of drug-likeness (QED) is 0.707. The summed E-state index contributed by atoms with van der Waals surface area (Å²) in [5.74, 6) is -0.748. The predicted molar refractivity (Wildman–Crippen MR) is 111 cm³/mol. The molecule has 1 aliphatic carbocycles. The van der Waals surface area contributed by atoms with Gasteiger partial charge in [-0.15, -0.1) is 11.3 Å². The Hall–Kier alpha value is -2.45. The van der Waals surface area contributed by atoms with Gasteiger partial charge >= 0.3 is 6.03 Å². The molecule has 2 heterocycles. The molecule has 29 heavy (non-hydrogen) atoms. The number of carbonyl (C=O) groups excluding carboxylic acids is 3. The number of nitrogens with zero attached hydrogens (tertiary/aromatic N) is 2. The fraction of sp³-hybridized carbons (Fsp3) is 0.400. The SMILES string of the molecule is Cc1cccc(Cc2cnc(NC(=O)CN3C(=O)NC4(CCCC4)C3=O)s2)c1Cl. The maximum atomic E-state index is 12.6. The van der Waals surface area contributed by atoms with Gasteiger partial charge in [-0.1, -0.05) is 42.6 Å². The summed E-state index contributed by atoms with van der Waals surface area (Å²) in [4.78, 5) is 43.4. The number of rotatable bonds is 5. The molecule has 0 unspecified atom stereocenters. The molecule has 1 aromatic heterocycles. The summed E-state index contributed by atoms with van der Waals surface area (Å²) in [6.07, 6.45) is 5.38. The average molecular weight is 433 g/mol. The third-order valence-corrected chi connectivity index (χ3v) is 6.89. The second-order valence-electron chi connectivity index (χ2n) is 7.52. The second-order valence-corrected chi connectivity index (χ2v) is 9.01. The van der Waals surface area contributed by atoms with Gasteiger partial charge in [0.25, 0.3) is 5.91 Å². The fourth-order valence-electron chi connectivity index (χ4n) is 3.92. The Balaban J connectivity index is 1.38. The standard InChI is InChI=1S/C20H21ClN4O3S/c1-12-5-4-6-13(16(12)21)9-14-10-22-18(29-14)23-15(26)11-25-17(27)20(24-19(25)28)7-2-3-8-20/h4-6,10H,2-3,7-9,11H2,1H3,(H,24,28)(H,22,23,26). The number of urea groups is 1. The first-order valence-corrected chi connectivity index (χ1v) is 10.7. The molecule has 1 spiro atoms. The number of halogens is 1. The third kappa shape index (κ3) is 3.86. The minimum Gasteiger partial charge on any atom is -0.323 e. The minimum absolute atomic E-state index is 0.302. The maximum Gasteiger partial charge on any atom is 0.325 e. The van der Waals surface area contributed by atoms with Gasteiger partial charge in [0.1, 0.15) is 12.1 Å². The van der Waals surface area contributed by atoms with E-state index >= 15 is 0 Å². The number of benzene rings is 1. The number of hydrogen-bond donors (Lipinski definition) is 2. The van der Waals surface area contributed by atoms with E-state index in [1.165, 1.54) is 11.3 Å². The van der Waals surface area contributed by atoms with E-state index in [2.05, 4.69) is 15.6 Å². The molecule has 1 saturated carbocycles. The van der Waals surface area contributed by atoms with Gasteiger partial charge in [-0.05, 0) is 30.9 Å². The highest BCUT2D eigenvalue weighted by Gasteiger charge is 2.52. The summed E-state index contributed by atoms with van der Waals surface area (Å²) in [7, 11) is 0. The predicted octanol–water partition coefficient (Wildman–Crippen LogP) is 3.50. The van der Waals surface area contributed by atoms with Crippen LogP contribution in [0.2, 0.25) is 5.02 Å². The summed E-state index contributed by atoms with van der Waals surface area (Å²) >= 11 is 7.69. The van der Waals surface area contributed by atoms with Crippen LogP contribution in [-0.4, -0.2) is 39.8 Å². The molecule has 4 amide bonds. The Bertz CT molecular complexity index is 984. The lowest BCUT2D eigenvalue weighted by Gasteiger charge is -2.19. The number of nitrogens with one attached hydrogen (secondary N) is 2. The number of aryl methyl sites for hydroxylation is 1. The van der Waals surface area contributed by atoms with Crippen molar-refractivity contribution in [2.24, 2.45) is 0 Å². The van der Waals surface area contributed by atoms with Crippen molar-refractivity contribution in [2.45, 2.75) is 44.6 Å². The van der Waals surface area contributed by atoms with E-state index in [0.717, 1.165) is 38.8 Å². The van der Waals surface area contributed by atoms with Gasteiger partial charge in [-0.3, -0.25) is 14.5 Å². The van der Waals surface area contributed by atoms with Crippen LogP contribution < -0.4 is 10.6 Å². The van der Waals surface area contributed by atoms with Crippen molar-refractivity contribution in [1.29, 1.82) is 0 Å². The van der Waals surface area contributed by atoms with E-state index in [1.807, 2.05) is 25.1 Å². The first kappa shape index (κ1) is 19.8. The Kier molecular flexibility index (Phi) is 5.31. The van der Waals surface area contributed by atoms with Crippen molar-refractivity contribution in [1.82, 2.24) is 15.2 Å². The smallest absolute Gasteiger partial charge is 0.323 e. The summed E-state index contributed by atoms with van der Waals surface area (Å²) in [6, 6.07) is 5.37. The lowest BCUT2D eigenvalue weighted by Crippen LogP contribution is -2.44. The fourth-order valence-corrected chi connectivity index (χ4v) is 4.96. The van der Waals surface area contributed by atoms with Crippen LogP contribution in [0, 0.1) is 6.92 Å². The Morgan fingerprint density at radius 3 is 2.86 bits per heavy atom. The largest absolute Gasteiger partial charge is 0.325 e. The van der Waals surface area contributed by atoms with Gasteiger partial charge in [0.2, 0.25) is 5.91 Å². The molecule has 2 fully saturated rings. The Labute approximate surface area is 177 Å². The van der Waals surface area contributed by atoms with Crippen molar-refractivity contribution >= 4 is 45.9 Å². The second kappa shape index (κ2) is 7.76. The van der Waals surface area contributed by atoms with Gasteiger partial charge in [-0.2, -0.15) is 0 Å².